The minimum absolute atomic E-state index is 0. The van der Waals surface area contributed by atoms with Gasteiger partial charge in [0.15, 0.2) is 17.5 Å². The summed E-state index contributed by atoms with van der Waals surface area (Å²) in [6.07, 6.45) is 0. The van der Waals surface area contributed by atoms with E-state index < -0.39 is 0 Å². The molecular formula is C20H27ClIN3O2. The summed E-state index contributed by atoms with van der Waals surface area (Å²) in [5, 5.41) is 3.93. The Morgan fingerprint density at radius 2 is 1.78 bits per heavy atom. The summed E-state index contributed by atoms with van der Waals surface area (Å²) in [6, 6.07) is 13.5. The molecule has 27 heavy (non-hydrogen) atoms. The van der Waals surface area contributed by atoms with Crippen LogP contribution in [0.25, 0.3) is 0 Å². The lowest BCUT2D eigenvalue weighted by Gasteiger charge is -2.27. The van der Waals surface area contributed by atoms with Gasteiger partial charge in [-0.25, -0.2) is 4.99 Å². The minimum atomic E-state index is -0.179. The highest BCUT2D eigenvalue weighted by atomic mass is 127. The lowest BCUT2D eigenvalue weighted by molar-refractivity contribution is 0.354. The van der Waals surface area contributed by atoms with Gasteiger partial charge in [-0.3, -0.25) is 0 Å². The quantitative estimate of drug-likeness (QED) is 0.335. The third-order valence-corrected chi connectivity index (χ3v) is 4.52. The highest BCUT2D eigenvalue weighted by Crippen LogP contribution is 2.29. The SMILES string of the molecule is COc1ccc(CN=C(N)NCC(C)(C)c2ccccc2Cl)cc1OC.I. The highest BCUT2D eigenvalue weighted by Gasteiger charge is 2.23. The minimum Gasteiger partial charge on any atom is -0.493 e. The highest BCUT2D eigenvalue weighted by molar-refractivity contribution is 14.0. The van der Waals surface area contributed by atoms with Gasteiger partial charge in [-0.05, 0) is 29.3 Å². The topological polar surface area (TPSA) is 68.9 Å². The van der Waals surface area contributed by atoms with Crippen LogP contribution >= 0.6 is 35.6 Å². The summed E-state index contributed by atoms with van der Waals surface area (Å²) in [5.41, 5.74) is 7.90. The molecule has 0 radical (unpaired) electrons. The first-order valence-electron chi connectivity index (χ1n) is 8.37. The van der Waals surface area contributed by atoms with Crippen LogP contribution in [0.3, 0.4) is 0 Å². The van der Waals surface area contributed by atoms with Crippen LogP contribution in [0.15, 0.2) is 47.5 Å². The maximum absolute atomic E-state index is 6.31. The van der Waals surface area contributed by atoms with Gasteiger partial charge in [-0.2, -0.15) is 0 Å². The average molecular weight is 504 g/mol. The summed E-state index contributed by atoms with van der Waals surface area (Å²) in [5.74, 6) is 1.75. The van der Waals surface area contributed by atoms with Crippen LogP contribution in [-0.4, -0.2) is 26.7 Å². The molecule has 0 aromatic heterocycles. The predicted molar refractivity (Wildman–Crippen MR) is 123 cm³/mol. The molecule has 2 aromatic carbocycles. The van der Waals surface area contributed by atoms with Crippen molar-refractivity contribution >= 4 is 41.5 Å². The fourth-order valence-electron chi connectivity index (χ4n) is 2.63. The van der Waals surface area contributed by atoms with E-state index >= 15 is 0 Å². The van der Waals surface area contributed by atoms with Gasteiger partial charge < -0.3 is 20.5 Å². The molecule has 0 unspecified atom stereocenters. The number of rotatable bonds is 7. The molecular weight excluding hydrogens is 477 g/mol. The van der Waals surface area contributed by atoms with Crippen molar-refractivity contribution in [2.75, 3.05) is 20.8 Å². The Labute approximate surface area is 183 Å². The van der Waals surface area contributed by atoms with Crippen LogP contribution in [0.2, 0.25) is 5.02 Å². The van der Waals surface area contributed by atoms with Crippen molar-refractivity contribution in [1.82, 2.24) is 5.32 Å². The summed E-state index contributed by atoms with van der Waals surface area (Å²) in [7, 11) is 3.22. The number of guanidine groups is 1. The first-order chi connectivity index (χ1) is 12.4. The van der Waals surface area contributed by atoms with Crippen LogP contribution in [-0.2, 0) is 12.0 Å². The Kier molecular flexibility index (Phi) is 9.18. The zero-order valence-corrected chi connectivity index (χ0v) is 19.2. The van der Waals surface area contributed by atoms with E-state index in [0.717, 1.165) is 16.1 Å². The lowest BCUT2D eigenvalue weighted by Crippen LogP contribution is -2.40. The van der Waals surface area contributed by atoms with Crippen molar-refractivity contribution in [2.45, 2.75) is 25.8 Å². The number of hydrogen-bond acceptors (Lipinski definition) is 3. The molecule has 0 amide bonds. The van der Waals surface area contributed by atoms with Gasteiger partial charge in [-0.15, -0.1) is 24.0 Å². The smallest absolute Gasteiger partial charge is 0.188 e. The molecule has 0 aliphatic heterocycles. The van der Waals surface area contributed by atoms with E-state index in [1.54, 1.807) is 14.2 Å². The zero-order chi connectivity index (χ0) is 19.2. The maximum Gasteiger partial charge on any atom is 0.188 e. The van der Waals surface area contributed by atoms with Gasteiger partial charge in [0, 0.05) is 17.0 Å². The van der Waals surface area contributed by atoms with Crippen LogP contribution < -0.4 is 20.5 Å². The summed E-state index contributed by atoms with van der Waals surface area (Å²) >= 11 is 6.31. The monoisotopic (exact) mass is 503 g/mol. The second-order valence-corrected chi connectivity index (χ2v) is 7.02. The van der Waals surface area contributed by atoms with E-state index in [2.05, 4.69) is 24.2 Å². The summed E-state index contributed by atoms with van der Waals surface area (Å²) in [4.78, 5) is 4.40. The fraction of sp³-hybridized carbons (Fsp3) is 0.350. The molecule has 0 bridgehead atoms. The third-order valence-electron chi connectivity index (χ3n) is 4.19. The number of ether oxygens (including phenoxy) is 2. The van der Waals surface area contributed by atoms with Crippen molar-refractivity contribution in [3.05, 3.63) is 58.6 Å². The normalized spacial score (nSPS) is 11.5. The van der Waals surface area contributed by atoms with Gasteiger partial charge in [0.1, 0.15) is 0 Å². The second kappa shape index (κ2) is 10.6. The second-order valence-electron chi connectivity index (χ2n) is 6.61. The summed E-state index contributed by atoms with van der Waals surface area (Å²) in [6.45, 7) is 5.30. The molecule has 5 nitrogen and oxygen atoms in total. The number of halogens is 2. The van der Waals surface area contributed by atoms with E-state index in [9.17, 15) is 0 Å². The van der Waals surface area contributed by atoms with E-state index in [1.807, 2.05) is 42.5 Å². The molecule has 148 valence electrons. The van der Waals surface area contributed by atoms with E-state index in [-0.39, 0.29) is 29.4 Å². The number of nitrogens with two attached hydrogens (primary N) is 1. The molecule has 3 N–H and O–H groups in total. The van der Waals surface area contributed by atoms with Gasteiger partial charge >= 0.3 is 0 Å². The molecule has 0 saturated heterocycles. The first kappa shape index (κ1) is 23.4. The molecule has 0 atom stereocenters. The average Bonchev–Trinajstić information content (AvgIpc) is 2.64. The number of hydrogen-bond donors (Lipinski definition) is 2. The Morgan fingerprint density at radius 3 is 2.41 bits per heavy atom. The van der Waals surface area contributed by atoms with E-state index in [4.69, 9.17) is 26.8 Å². The summed E-state index contributed by atoms with van der Waals surface area (Å²) < 4.78 is 10.5. The fourth-order valence-corrected chi connectivity index (χ4v) is 3.02. The number of aliphatic imine (C=N–C) groups is 1. The molecule has 2 rings (SSSR count). The maximum atomic E-state index is 6.31. The molecule has 0 aliphatic rings. The standard InChI is InChI=1S/C20H26ClN3O2.HI/c1-20(2,15-7-5-6-8-16(15)21)13-24-19(22)23-12-14-9-10-17(25-3)18(11-14)26-4;/h5-11H,12-13H2,1-4H3,(H3,22,23,24);1H. The van der Waals surface area contributed by atoms with Crippen molar-refractivity contribution in [3.8, 4) is 11.5 Å². The Hall–Kier alpha value is -1.67. The van der Waals surface area contributed by atoms with E-state index in [0.29, 0.717) is 30.5 Å². The molecule has 2 aromatic rings. The Balaban J connectivity index is 0.00000364. The number of nitrogens with one attached hydrogen (secondary N) is 1. The molecule has 0 fully saturated rings. The molecule has 7 heteroatoms. The molecule has 0 aliphatic carbocycles. The van der Waals surface area contributed by atoms with Crippen LogP contribution in [0, 0.1) is 0 Å². The Morgan fingerprint density at radius 1 is 1.11 bits per heavy atom. The first-order valence-corrected chi connectivity index (χ1v) is 8.75. The van der Waals surface area contributed by atoms with Gasteiger partial charge in [0.05, 0.1) is 20.8 Å². The predicted octanol–water partition coefficient (Wildman–Crippen LogP) is 4.36. The number of methoxy groups -OCH3 is 2. The van der Waals surface area contributed by atoms with Crippen molar-refractivity contribution in [1.29, 1.82) is 0 Å². The largest absolute Gasteiger partial charge is 0.493 e. The Bertz CT molecular complexity index is 782. The van der Waals surface area contributed by atoms with Crippen LogP contribution in [0.4, 0.5) is 0 Å². The molecule has 0 heterocycles. The van der Waals surface area contributed by atoms with Crippen molar-refractivity contribution in [3.63, 3.8) is 0 Å². The third kappa shape index (κ3) is 6.46. The van der Waals surface area contributed by atoms with Crippen LogP contribution in [0.5, 0.6) is 11.5 Å². The van der Waals surface area contributed by atoms with Gasteiger partial charge in [-0.1, -0.05) is 49.7 Å². The number of benzene rings is 2. The van der Waals surface area contributed by atoms with Crippen molar-refractivity contribution in [2.24, 2.45) is 10.7 Å². The zero-order valence-electron chi connectivity index (χ0n) is 16.1. The van der Waals surface area contributed by atoms with E-state index in [1.165, 1.54) is 0 Å². The number of nitrogens with zero attached hydrogens (tertiary/aromatic N) is 1. The molecule has 0 spiro atoms. The lowest BCUT2D eigenvalue weighted by atomic mass is 9.84. The van der Waals surface area contributed by atoms with Crippen LogP contribution in [0.1, 0.15) is 25.0 Å². The van der Waals surface area contributed by atoms with Gasteiger partial charge in [0.25, 0.3) is 0 Å². The van der Waals surface area contributed by atoms with Gasteiger partial charge in [0.2, 0.25) is 0 Å². The molecule has 0 saturated carbocycles. The van der Waals surface area contributed by atoms with Crippen molar-refractivity contribution < 1.29 is 9.47 Å².